The summed E-state index contributed by atoms with van der Waals surface area (Å²) in [5, 5.41) is 8.76. The normalized spacial score (nSPS) is 17.6. The molecular weight excluding hydrogens is 290 g/mol. The molecule has 2 aromatic rings. The summed E-state index contributed by atoms with van der Waals surface area (Å²) < 4.78 is 5.86. The summed E-state index contributed by atoms with van der Waals surface area (Å²) in [6.07, 6.45) is 2.41. The minimum atomic E-state index is -0.0357. The third-order valence-corrected chi connectivity index (χ3v) is 4.54. The number of amides is 1. The van der Waals surface area contributed by atoms with E-state index in [-0.39, 0.29) is 11.3 Å². The van der Waals surface area contributed by atoms with E-state index in [0.717, 1.165) is 12.2 Å². The number of benzene rings is 1. The molecule has 0 atom stereocenters. The van der Waals surface area contributed by atoms with E-state index in [1.54, 1.807) is 12.1 Å². The summed E-state index contributed by atoms with van der Waals surface area (Å²) in [5.74, 6) is 0.922. The fourth-order valence-electron chi connectivity index (χ4n) is 3.36. The Hall–Kier alpha value is -2.87. The average molecular weight is 305 g/mol. The predicted molar refractivity (Wildman–Crippen MR) is 82.9 cm³/mol. The number of para-hydroxylation sites is 1. The predicted octanol–water partition coefficient (Wildman–Crippen LogP) is 2.03. The molecule has 0 radical (unpaired) electrons. The number of nitrogens with zero attached hydrogens (tertiary/aromatic N) is 3. The molecule has 1 saturated heterocycles. The first kappa shape index (κ1) is 13.8. The maximum Gasteiger partial charge on any atom is 0.255 e. The zero-order valence-electron chi connectivity index (χ0n) is 12.5. The van der Waals surface area contributed by atoms with Crippen LogP contribution in [-0.2, 0) is 6.42 Å². The highest BCUT2D eigenvalue weighted by atomic mass is 16.5. The zero-order chi connectivity index (χ0) is 15.9. The number of pyridine rings is 1. The van der Waals surface area contributed by atoms with Crippen molar-refractivity contribution >= 4 is 5.91 Å². The van der Waals surface area contributed by atoms with E-state index >= 15 is 0 Å². The van der Waals surface area contributed by atoms with E-state index in [1.165, 1.54) is 11.8 Å². The van der Waals surface area contributed by atoms with Crippen LogP contribution in [0.15, 0.2) is 42.6 Å². The second-order valence-corrected chi connectivity index (χ2v) is 6.28. The number of likely N-dealkylation sites (tertiary alicyclic amines) is 1. The van der Waals surface area contributed by atoms with Crippen LogP contribution in [0.5, 0.6) is 5.75 Å². The van der Waals surface area contributed by atoms with Gasteiger partial charge < -0.3 is 9.64 Å². The first-order valence-corrected chi connectivity index (χ1v) is 7.55. The minimum Gasteiger partial charge on any atom is -0.493 e. The van der Waals surface area contributed by atoms with Gasteiger partial charge in [0.25, 0.3) is 5.91 Å². The standard InChI is InChI=1S/C18H15N3O2/c19-8-15-6-5-14(9-20-15)17(22)21-10-18(11-21)7-13-3-1-2-4-16(13)23-12-18/h1-6,9H,7,10-12H2. The van der Waals surface area contributed by atoms with Crippen molar-refractivity contribution in [3.63, 3.8) is 0 Å². The molecule has 5 nitrogen and oxygen atoms in total. The molecule has 1 fully saturated rings. The Kier molecular flexibility index (Phi) is 3.05. The van der Waals surface area contributed by atoms with E-state index in [0.29, 0.717) is 31.0 Å². The third kappa shape index (κ3) is 2.33. The van der Waals surface area contributed by atoms with Gasteiger partial charge >= 0.3 is 0 Å². The van der Waals surface area contributed by atoms with Gasteiger partial charge in [-0.1, -0.05) is 18.2 Å². The monoisotopic (exact) mass is 305 g/mol. The molecule has 1 amide bonds. The summed E-state index contributed by atoms with van der Waals surface area (Å²) in [6.45, 7) is 2.04. The fraction of sp³-hybridized carbons (Fsp3) is 0.278. The van der Waals surface area contributed by atoms with Gasteiger partial charge in [0.1, 0.15) is 17.5 Å². The van der Waals surface area contributed by atoms with Crippen molar-refractivity contribution in [3.8, 4) is 11.8 Å². The van der Waals surface area contributed by atoms with Crippen LogP contribution in [0.25, 0.3) is 0 Å². The molecule has 0 saturated carbocycles. The van der Waals surface area contributed by atoms with Crippen molar-refractivity contribution in [1.29, 1.82) is 5.26 Å². The van der Waals surface area contributed by atoms with Crippen molar-refractivity contribution in [2.45, 2.75) is 6.42 Å². The van der Waals surface area contributed by atoms with Crippen LogP contribution in [0.2, 0.25) is 0 Å². The summed E-state index contributed by atoms with van der Waals surface area (Å²) >= 11 is 0. The van der Waals surface area contributed by atoms with Gasteiger partial charge in [0.15, 0.2) is 0 Å². The van der Waals surface area contributed by atoms with Crippen LogP contribution < -0.4 is 4.74 Å². The second kappa shape index (κ2) is 5.10. The number of aromatic nitrogens is 1. The van der Waals surface area contributed by atoms with Crippen molar-refractivity contribution in [2.75, 3.05) is 19.7 Å². The van der Waals surface area contributed by atoms with Crippen LogP contribution in [0.4, 0.5) is 0 Å². The van der Waals surface area contributed by atoms with Crippen molar-refractivity contribution in [2.24, 2.45) is 5.41 Å². The van der Waals surface area contributed by atoms with E-state index < -0.39 is 0 Å². The van der Waals surface area contributed by atoms with E-state index in [2.05, 4.69) is 11.1 Å². The molecule has 0 N–H and O–H groups in total. The van der Waals surface area contributed by atoms with Crippen molar-refractivity contribution in [1.82, 2.24) is 9.88 Å². The number of hydrogen-bond donors (Lipinski definition) is 0. The van der Waals surface area contributed by atoms with Crippen LogP contribution in [-0.4, -0.2) is 35.5 Å². The van der Waals surface area contributed by atoms with Crippen LogP contribution in [0, 0.1) is 16.7 Å². The van der Waals surface area contributed by atoms with E-state index in [4.69, 9.17) is 10.00 Å². The molecule has 114 valence electrons. The number of fused-ring (bicyclic) bond motifs is 1. The van der Waals surface area contributed by atoms with Gasteiger partial charge in [-0.15, -0.1) is 0 Å². The minimum absolute atomic E-state index is 0.0318. The molecule has 4 rings (SSSR count). The quantitative estimate of drug-likeness (QED) is 0.808. The largest absolute Gasteiger partial charge is 0.493 e. The molecule has 5 heteroatoms. The van der Waals surface area contributed by atoms with E-state index in [9.17, 15) is 4.79 Å². The van der Waals surface area contributed by atoms with Crippen LogP contribution >= 0.6 is 0 Å². The summed E-state index contributed by atoms with van der Waals surface area (Å²) in [4.78, 5) is 18.2. The number of carbonyl (C=O) groups is 1. The van der Waals surface area contributed by atoms with Gasteiger partial charge in [-0.25, -0.2) is 4.98 Å². The Morgan fingerprint density at radius 3 is 2.83 bits per heavy atom. The Bertz CT molecular complexity index is 802. The van der Waals surface area contributed by atoms with Gasteiger partial charge in [0.2, 0.25) is 0 Å². The van der Waals surface area contributed by atoms with E-state index in [1.807, 2.05) is 29.2 Å². The Morgan fingerprint density at radius 1 is 1.26 bits per heavy atom. The molecule has 2 aliphatic rings. The van der Waals surface area contributed by atoms with Crippen molar-refractivity contribution in [3.05, 3.63) is 59.4 Å². The molecule has 3 heterocycles. The highest BCUT2D eigenvalue weighted by molar-refractivity contribution is 5.94. The smallest absolute Gasteiger partial charge is 0.255 e. The Morgan fingerprint density at radius 2 is 2.09 bits per heavy atom. The van der Waals surface area contributed by atoms with Crippen LogP contribution in [0.3, 0.4) is 0 Å². The SMILES string of the molecule is N#Cc1ccc(C(=O)N2CC3(COc4ccccc4C3)C2)cn1. The maximum atomic E-state index is 12.5. The zero-order valence-corrected chi connectivity index (χ0v) is 12.5. The summed E-state index contributed by atoms with van der Waals surface area (Å²) in [6, 6.07) is 13.3. The molecule has 1 spiro atoms. The topological polar surface area (TPSA) is 66.2 Å². The molecule has 2 aliphatic heterocycles. The first-order chi connectivity index (χ1) is 11.2. The molecule has 23 heavy (non-hydrogen) atoms. The second-order valence-electron chi connectivity index (χ2n) is 6.28. The van der Waals surface area contributed by atoms with Gasteiger partial charge in [-0.3, -0.25) is 4.79 Å². The molecule has 0 bridgehead atoms. The highest BCUT2D eigenvalue weighted by Crippen LogP contribution is 2.41. The number of carbonyl (C=O) groups excluding carboxylic acids is 1. The van der Waals surface area contributed by atoms with Gasteiger partial charge in [-0.05, 0) is 30.2 Å². The lowest BCUT2D eigenvalue weighted by Gasteiger charge is -2.51. The van der Waals surface area contributed by atoms with Crippen LogP contribution in [0.1, 0.15) is 21.6 Å². The van der Waals surface area contributed by atoms with Crippen molar-refractivity contribution < 1.29 is 9.53 Å². The van der Waals surface area contributed by atoms with Gasteiger partial charge in [0, 0.05) is 24.7 Å². The van der Waals surface area contributed by atoms with Gasteiger partial charge in [-0.2, -0.15) is 5.26 Å². The third-order valence-electron chi connectivity index (χ3n) is 4.54. The number of ether oxygens (including phenoxy) is 1. The number of nitriles is 1. The number of hydrogen-bond acceptors (Lipinski definition) is 4. The summed E-state index contributed by atoms with van der Waals surface area (Å²) in [5.41, 5.74) is 2.09. The Balaban J connectivity index is 1.45. The molecule has 0 unspecified atom stereocenters. The lowest BCUT2D eigenvalue weighted by molar-refractivity contribution is -0.0291. The number of rotatable bonds is 1. The Labute approximate surface area is 134 Å². The highest BCUT2D eigenvalue weighted by Gasteiger charge is 2.48. The van der Waals surface area contributed by atoms with Gasteiger partial charge in [0.05, 0.1) is 12.2 Å². The molecular formula is C18H15N3O2. The lowest BCUT2D eigenvalue weighted by atomic mass is 9.73. The maximum absolute atomic E-state index is 12.5. The molecule has 1 aromatic carbocycles. The first-order valence-electron chi connectivity index (χ1n) is 7.55. The lowest BCUT2D eigenvalue weighted by Crippen LogP contribution is -2.62. The average Bonchev–Trinajstić information content (AvgIpc) is 2.58. The summed E-state index contributed by atoms with van der Waals surface area (Å²) in [7, 11) is 0. The molecule has 0 aliphatic carbocycles. The fourth-order valence-corrected chi connectivity index (χ4v) is 3.36. The molecule has 1 aromatic heterocycles.